The summed E-state index contributed by atoms with van der Waals surface area (Å²) in [6.07, 6.45) is 9.25. The highest BCUT2D eigenvalue weighted by molar-refractivity contribution is 7.11. The standard InChI is InChI=1S/C15H20N2S/c1-2-12-6-7-13(18-12)9-17-8-11-4-3-5-15(16)14(11)10-17/h6-8,10,15H,2-5,9,16H2,1H3. The van der Waals surface area contributed by atoms with E-state index in [4.69, 9.17) is 5.73 Å². The molecule has 2 nitrogen and oxygen atoms in total. The third-order valence-corrected chi connectivity index (χ3v) is 4.98. The zero-order chi connectivity index (χ0) is 12.5. The van der Waals surface area contributed by atoms with Gasteiger partial charge in [-0.1, -0.05) is 6.92 Å². The fourth-order valence-corrected chi connectivity index (χ4v) is 3.72. The molecule has 0 aromatic carbocycles. The second-order valence-corrected chi connectivity index (χ2v) is 6.38. The van der Waals surface area contributed by atoms with Crippen molar-refractivity contribution in [1.29, 1.82) is 0 Å². The van der Waals surface area contributed by atoms with Crippen molar-refractivity contribution in [3.8, 4) is 0 Å². The quantitative estimate of drug-likeness (QED) is 0.899. The average molecular weight is 260 g/mol. The molecule has 0 bridgehead atoms. The Morgan fingerprint density at radius 2 is 2.17 bits per heavy atom. The topological polar surface area (TPSA) is 30.9 Å². The fraction of sp³-hybridized carbons (Fsp3) is 0.467. The maximum Gasteiger partial charge on any atom is 0.0563 e. The zero-order valence-corrected chi connectivity index (χ0v) is 11.7. The van der Waals surface area contributed by atoms with Gasteiger partial charge in [-0.25, -0.2) is 0 Å². The largest absolute Gasteiger partial charge is 0.348 e. The molecule has 2 heterocycles. The van der Waals surface area contributed by atoms with Gasteiger partial charge >= 0.3 is 0 Å². The summed E-state index contributed by atoms with van der Waals surface area (Å²) >= 11 is 1.92. The molecule has 0 saturated carbocycles. The highest BCUT2D eigenvalue weighted by Gasteiger charge is 2.18. The second kappa shape index (κ2) is 4.90. The summed E-state index contributed by atoms with van der Waals surface area (Å²) in [5.41, 5.74) is 9.00. The van der Waals surface area contributed by atoms with Crippen molar-refractivity contribution in [3.63, 3.8) is 0 Å². The van der Waals surface area contributed by atoms with Crippen LogP contribution in [0.1, 0.15) is 46.7 Å². The molecule has 0 aliphatic heterocycles. The Bertz CT molecular complexity index is 538. The molecule has 2 aromatic heterocycles. The first-order valence-electron chi connectivity index (χ1n) is 6.78. The van der Waals surface area contributed by atoms with Gasteiger partial charge in [0.05, 0.1) is 6.54 Å². The molecule has 0 saturated heterocycles. The van der Waals surface area contributed by atoms with Crippen LogP contribution in [0.15, 0.2) is 24.5 Å². The number of fused-ring (bicyclic) bond motifs is 1. The van der Waals surface area contributed by atoms with E-state index in [1.807, 2.05) is 11.3 Å². The van der Waals surface area contributed by atoms with E-state index in [1.165, 1.54) is 33.7 Å². The summed E-state index contributed by atoms with van der Waals surface area (Å²) in [5, 5.41) is 0. The summed E-state index contributed by atoms with van der Waals surface area (Å²) in [6, 6.07) is 4.75. The number of aryl methyl sites for hydroxylation is 2. The van der Waals surface area contributed by atoms with E-state index in [9.17, 15) is 0 Å². The van der Waals surface area contributed by atoms with Crippen molar-refractivity contribution in [2.24, 2.45) is 5.73 Å². The monoisotopic (exact) mass is 260 g/mol. The first-order chi connectivity index (χ1) is 8.76. The predicted molar refractivity (Wildman–Crippen MR) is 77.1 cm³/mol. The summed E-state index contributed by atoms with van der Waals surface area (Å²) in [5.74, 6) is 0. The van der Waals surface area contributed by atoms with Crippen LogP contribution in [0.2, 0.25) is 0 Å². The molecule has 0 amide bonds. The lowest BCUT2D eigenvalue weighted by Crippen LogP contribution is -2.15. The number of thiophene rings is 1. The van der Waals surface area contributed by atoms with Gasteiger partial charge in [0.1, 0.15) is 0 Å². The van der Waals surface area contributed by atoms with Crippen LogP contribution >= 0.6 is 11.3 Å². The van der Waals surface area contributed by atoms with Crippen molar-refractivity contribution in [3.05, 3.63) is 45.4 Å². The van der Waals surface area contributed by atoms with Crippen molar-refractivity contribution < 1.29 is 0 Å². The molecule has 0 spiro atoms. The van der Waals surface area contributed by atoms with Crippen LogP contribution in [0.5, 0.6) is 0 Å². The van der Waals surface area contributed by atoms with Crippen LogP contribution in [-0.2, 0) is 19.4 Å². The summed E-state index contributed by atoms with van der Waals surface area (Å²) in [7, 11) is 0. The second-order valence-electron chi connectivity index (χ2n) is 5.13. The normalized spacial score (nSPS) is 18.9. The molecule has 1 aliphatic carbocycles. The van der Waals surface area contributed by atoms with Crippen molar-refractivity contribution in [2.45, 2.75) is 45.2 Å². The molecule has 0 radical (unpaired) electrons. The Hall–Kier alpha value is -1.06. The van der Waals surface area contributed by atoms with Gasteiger partial charge in [0.15, 0.2) is 0 Å². The van der Waals surface area contributed by atoms with E-state index >= 15 is 0 Å². The predicted octanol–water partition coefficient (Wildman–Crippen LogP) is 3.50. The van der Waals surface area contributed by atoms with Crippen LogP contribution in [0.3, 0.4) is 0 Å². The van der Waals surface area contributed by atoms with Gasteiger partial charge in [-0.3, -0.25) is 0 Å². The SMILES string of the molecule is CCc1ccc(Cn2cc3c(c2)C(N)CCC3)s1. The van der Waals surface area contributed by atoms with Gasteiger partial charge in [0.25, 0.3) is 0 Å². The van der Waals surface area contributed by atoms with Gasteiger partial charge < -0.3 is 10.3 Å². The highest BCUT2D eigenvalue weighted by atomic mass is 32.1. The first-order valence-corrected chi connectivity index (χ1v) is 7.59. The van der Waals surface area contributed by atoms with Gasteiger partial charge in [-0.05, 0) is 48.9 Å². The molecule has 0 fully saturated rings. The van der Waals surface area contributed by atoms with E-state index in [2.05, 4.69) is 36.0 Å². The zero-order valence-electron chi connectivity index (χ0n) is 10.9. The molecule has 3 rings (SSSR count). The number of rotatable bonds is 3. The minimum Gasteiger partial charge on any atom is -0.348 e. The van der Waals surface area contributed by atoms with E-state index in [1.54, 1.807) is 0 Å². The molecule has 1 aliphatic rings. The van der Waals surface area contributed by atoms with E-state index in [0.29, 0.717) is 0 Å². The molecule has 2 N–H and O–H groups in total. The minimum atomic E-state index is 0.254. The van der Waals surface area contributed by atoms with Crippen molar-refractivity contribution in [2.75, 3.05) is 0 Å². The van der Waals surface area contributed by atoms with Gasteiger partial charge in [-0.15, -0.1) is 11.3 Å². The highest BCUT2D eigenvalue weighted by Crippen LogP contribution is 2.29. The van der Waals surface area contributed by atoms with E-state index in [0.717, 1.165) is 19.4 Å². The number of nitrogens with two attached hydrogens (primary N) is 1. The molecule has 18 heavy (non-hydrogen) atoms. The molecule has 3 heteroatoms. The van der Waals surface area contributed by atoms with Crippen LogP contribution in [0, 0.1) is 0 Å². The van der Waals surface area contributed by atoms with Gasteiger partial charge in [-0.2, -0.15) is 0 Å². The smallest absolute Gasteiger partial charge is 0.0563 e. The van der Waals surface area contributed by atoms with Crippen LogP contribution in [0.4, 0.5) is 0 Å². The van der Waals surface area contributed by atoms with Crippen LogP contribution in [0.25, 0.3) is 0 Å². The molecular weight excluding hydrogens is 240 g/mol. The Kier molecular flexibility index (Phi) is 3.27. The van der Waals surface area contributed by atoms with Crippen LogP contribution < -0.4 is 5.73 Å². The third kappa shape index (κ3) is 2.25. The number of hydrogen-bond donors (Lipinski definition) is 1. The Morgan fingerprint density at radius 1 is 1.33 bits per heavy atom. The lowest BCUT2D eigenvalue weighted by molar-refractivity contribution is 0.573. The first kappa shape index (κ1) is 12.0. The Morgan fingerprint density at radius 3 is 2.89 bits per heavy atom. The maximum atomic E-state index is 6.17. The average Bonchev–Trinajstić information content (AvgIpc) is 2.96. The van der Waals surface area contributed by atoms with Crippen molar-refractivity contribution in [1.82, 2.24) is 4.57 Å². The van der Waals surface area contributed by atoms with E-state index in [-0.39, 0.29) is 6.04 Å². The Labute approximate surface area is 112 Å². The molecule has 2 aromatic rings. The van der Waals surface area contributed by atoms with Crippen molar-refractivity contribution >= 4 is 11.3 Å². The van der Waals surface area contributed by atoms with Crippen LogP contribution in [-0.4, -0.2) is 4.57 Å². The minimum absolute atomic E-state index is 0.254. The fourth-order valence-electron chi connectivity index (χ4n) is 2.75. The summed E-state index contributed by atoms with van der Waals surface area (Å²) in [4.78, 5) is 2.91. The lowest BCUT2D eigenvalue weighted by Gasteiger charge is -2.17. The van der Waals surface area contributed by atoms with Gasteiger partial charge in [0, 0.05) is 28.2 Å². The van der Waals surface area contributed by atoms with Gasteiger partial charge in [0.2, 0.25) is 0 Å². The molecule has 1 unspecified atom stereocenters. The number of nitrogens with zero attached hydrogens (tertiary/aromatic N) is 1. The molecule has 96 valence electrons. The Balaban J connectivity index is 1.81. The molecule has 1 atom stereocenters. The number of aromatic nitrogens is 1. The summed E-state index contributed by atoms with van der Waals surface area (Å²) in [6.45, 7) is 3.20. The number of hydrogen-bond acceptors (Lipinski definition) is 2. The summed E-state index contributed by atoms with van der Waals surface area (Å²) < 4.78 is 2.31. The third-order valence-electron chi connectivity index (χ3n) is 3.76. The van der Waals surface area contributed by atoms with E-state index < -0.39 is 0 Å². The lowest BCUT2D eigenvalue weighted by atomic mass is 9.92. The maximum absolute atomic E-state index is 6.17. The molecular formula is C15H20N2S.